The zero-order valence-corrected chi connectivity index (χ0v) is 17.9. The second kappa shape index (κ2) is 10.2. The van der Waals surface area contributed by atoms with Crippen molar-refractivity contribution in [2.75, 3.05) is 13.1 Å². The fourth-order valence-corrected chi connectivity index (χ4v) is 4.61. The van der Waals surface area contributed by atoms with Gasteiger partial charge in [-0.15, -0.1) is 13.2 Å². The molecule has 32 heavy (non-hydrogen) atoms. The third-order valence-electron chi connectivity index (χ3n) is 5.07. The van der Waals surface area contributed by atoms with Gasteiger partial charge in [0.25, 0.3) is 0 Å². The average molecular weight is 468 g/mol. The second-order valence-corrected chi connectivity index (χ2v) is 9.12. The lowest BCUT2D eigenvalue weighted by atomic mass is 9.97. The number of hydrogen-bond acceptors (Lipinski definition) is 4. The molecule has 0 spiro atoms. The SMILES string of the molecule is O=C(NCc1ccccc1OC(F)(F)F)C1CCN(S(=O)(=O)C=Cc2ccccc2)CC1. The summed E-state index contributed by atoms with van der Waals surface area (Å²) >= 11 is 0. The van der Waals surface area contributed by atoms with Crippen LogP contribution in [0.5, 0.6) is 5.75 Å². The molecule has 1 saturated heterocycles. The first-order valence-electron chi connectivity index (χ1n) is 9.99. The van der Waals surface area contributed by atoms with Crippen LogP contribution in [0.15, 0.2) is 60.0 Å². The molecule has 0 unspecified atom stereocenters. The van der Waals surface area contributed by atoms with Gasteiger partial charge in [0, 0.05) is 36.5 Å². The quantitative estimate of drug-likeness (QED) is 0.669. The molecule has 0 atom stereocenters. The number of para-hydroxylation sites is 1. The van der Waals surface area contributed by atoms with Gasteiger partial charge in [-0.25, -0.2) is 8.42 Å². The van der Waals surface area contributed by atoms with Crippen molar-refractivity contribution in [2.45, 2.75) is 25.7 Å². The standard InChI is InChI=1S/C22H23F3N2O4S/c23-22(24,25)31-20-9-5-4-8-19(20)16-26-21(28)18-10-13-27(14-11-18)32(29,30)15-12-17-6-2-1-3-7-17/h1-9,12,15,18H,10-11,13-14,16H2,(H,26,28). The molecule has 1 aliphatic rings. The summed E-state index contributed by atoms with van der Waals surface area (Å²) in [5, 5.41) is 3.78. The Labute approximate surface area is 184 Å². The Hall–Kier alpha value is -2.85. The highest BCUT2D eigenvalue weighted by atomic mass is 32.2. The lowest BCUT2D eigenvalue weighted by molar-refractivity contribution is -0.274. The van der Waals surface area contributed by atoms with E-state index in [4.69, 9.17) is 0 Å². The van der Waals surface area contributed by atoms with Crippen molar-refractivity contribution < 1.29 is 31.1 Å². The van der Waals surface area contributed by atoms with Gasteiger partial charge in [0.05, 0.1) is 0 Å². The number of hydrogen-bond donors (Lipinski definition) is 1. The average Bonchev–Trinajstić information content (AvgIpc) is 2.77. The Bertz CT molecular complexity index is 1050. The molecular formula is C22H23F3N2O4S. The summed E-state index contributed by atoms with van der Waals surface area (Å²) in [6.07, 6.45) is -2.65. The van der Waals surface area contributed by atoms with E-state index in [-0.39, 0.29) is 36.9 Å². The minimum absolute atomic E-state index is 0.122. The molecule has 10 heteroatoms. The highest BCUT2D eigenvalue weighted by Crippen LogP contribution is 2.26. The first-order chi connectivity index (χ1) is 15.1. The van der Waals surface area contributed by atoms with E-state index in [0.717, 1.165) is 11.0 Å². The molecule has 172 valence electrons. The number of piperidine rings is 1. The molecule has 0 radical (unpaired) electrons. The van der Waals surface area contributed by atoms with Crippen LogP contribution in [0.25, 0.3) is 6.08 Å². The number of carbonyl (C=O) groups is 1. The summed E-state index contributed by atoms with van der Waals surface area (Å²) in [4.78, 5) is 12.5. The third kappa shape index (κ3) is 6.83. The van der Waals surface area contributed by atoms with Gasteiger partial charge in [-0.2, -0.15) is 4.31 Å². The van der Waals surface area contributed by atoms with Crippen molar-refractivity contribution >= 4 is 22.0 Å². The van der Waals surface area contributed by atoms with Crippen LogP contribution in [0.3, 0.4) is 0 Å². The normalized spacial score (nSPS) is 16.2. The number of ether oxygens (including phenoxy) is 1. The molecule has 3 rings (SSSR count). The molecule has 1 amide bonds. The Morgan fingerprint density at radius 3 is 2.34 bits per heavy atom. The van der Waals surface area contributed by atoms with E-state index >= 15 is 0 Å². The number of nitrogens with zero attached hydrogens (tertiary/aromatic N) is 1. The highest BCUT2D eigenvalue weighted by Gasteiger charge is 2.32. The van der Waals surface area contributed by atoms with E-state index in [2.05, 4.69) is 10.1 Å². The zero-order valence-electron chi connectivity index (χ0n) is 17.1. The highest BCUT2D eigenvalue weighted by molar-refractivity contribution is 7.92. The number of benzene rings is 2. The van der Waals surface area contributed by atoms with Gasteiger partial charge in [0.15, 0.2) is 0 Å². The lowest BCUT2D eigenvalue weighted by Crippen LogP contribution is -2.42. The number of rotatable bonds is 7. The maximum atomic E-state index is 12.5. The molecule has 0 aliphatic carbocycles. The number of amides is 1. The number of carbonyl (C=O) groups excluding carboxylic acids is 1. The summed E-state index contributed by atoms with van der Waals surface area (Å²) in [6.45, 7) is 0.254. The van der Waals surface area contributed by atoms with Gasteiger partial charge >= 0.3 is 6.36 Å². The number of nitrogens with one attached hydrogen (secondary N) is 1. The fourth-order valence-electron chi connectivity index (χ4n) is 3.39. The van der Waals surface area contributed by atoms with Crippen LogP contribution in [-0.4, -0.2) is 38.1 Å². The largest absolute Gasteiger partial charge is 0.573 e. The number of alkyl halides is 3. The van der Waals surface area contributed by atoms with Crippen LogP contribution in [0.1, 0.15) is 24.0 Å². The van der Waals surface area contributed by atoms with Crippen molar-refractivity contribution in [3.8, 4) is 5.75 Å². The van der Waals surface area contributed by atoms with Crippen LogP contribution in [-0.2, 0) is 21.4 Å². The van der Waals surface area contributed by atoms with Crippen LogP contribution in [0.2, 0.25) is 0 Å². The van der Waals surface area contributed by atoms with Crippen LogP contribution in [0.4, 0.5) is 13.2 Å². The van der Waals surface area contributed by atoms with E-state index in [1.165, 1.54) is 28.6 Å². The Balaban J connectivity index is 1.52. The van der Waals surface area contributed by atoms with Crippen molar-refractivity contribution in [3.05, 3.63) is 71.1 Å². The molecule has 0 saturated carbocycles. The first-order valence-corrected chi connectivity index (χ1v) is 11.5. The van der Waals surface area contributed by atoms with Crippen LogP contribution >= 0.6 is 0 Å². The summed E-state index contributed by atoms with van der Waals surface area (Å²) in [5.41, 5.74) is 0.962. The zero-order chi connectivity index (χ0) is 23.2. The van der Waals surface area contributed by atoms with E-state index in [1.807, 2.05) is 18.2 Å². The topological polar surface area (TPSA) is 75.7 Å². The summed E-state index contributed by atoms with van der Waals surface area (Å²) in [5.74, 6) is -1.12. The molecule has 0 aromatic heterocycles. The minimum Gasteiger partial charge on any atom is -0.405 e. The molecule has 2 aromatic rings. The predicted molar refractivity (Wildman–Crippen MR) is 114 cm³/mol. The van der Waals surface area contributed by atoms with Crippen molar-refractivity contribution in [1.82, 2.24) is 9.62 Å². The van der Waals surface area contributed by atoms with Gasteiger partial charge in [-0.1, -0.05) is 48.5 Å². The van der Waals surface area contributed by atoms with Crippen molar-refractivity contribution in [3.63, 3.8) is 0 Å². The number of halogens is 3. The smallest absolute Gasteiger partial charge is 0.405 e. The van der Waals surface area contributed by atoms with Crippen LogP contribution in [0, 0.1) is 5.92 Å². The van der Waals surface area contributed by atoms with Gasteiger partial charge in [0.2, 0.25) is 15.9 Å². The van der Waals surface area contributed by atoms with Crippen molar-refractivity contribution in [1.29, 1.82) is 0 Å². The second-order valence-electron chi connectivity index (χ2n) is 7.31. The lowest BCUT2D eigenvalue weighted by Gasteiger charge is -2.29. The Morgan fingerprint density at radius 2 is 1.69 bits per heavy atom. The monoisotopic (exact) mass is 468 g/mol. The molecule has 1 N–H and O–H groups in total. The molecule has 1 heterocycles. The predicted octanol–water partition coefficient (Wildman–Crippen LogP) is 3.91. The fraction of sp³-hybridized carbons (Fsp3) is 0.318. The Kier molecular flexibility index (Phi) is 7.57. The minimum atomic E-state index is -4.83. The summed E-state index contributed by atoms with van der Waals surface area (Å²) < 4.78 is 68.0. The van der Waals surface area contributed by atoms with Gasteiger partial charge in [-0.3, -0.25) is 4.79 Å². The van der Waals surface area contributed by atoms with Gasteiger partial charge in [-0.05, 0) is 30.5 Å². The molecule has 0 bridgehead atoms. The molecule has 1 aliphatic heterocycles. The first kappa shape index (κ1) is 23.8. The van der Waals surface area contributed by atoms with Crippen LogP contribution < -0.4 is 10.1 Å². The maximum absolute atomic E-state index is 12.5. The molecule has 6 nitrogen and oxygen atoms in total. The summed E-state index contributed by atoms with van der Waals surface area (Å²) in [7, 11) is -3.61. The van der Waals surface area contributed by atoms with E-state index in [1.54, 1.807) is 18.2 Å². The van der Waals surface area contributed by atoms with E-state index in [9.17, 15) is 26.4 Å². The van der Waals surface area contributed by atoms with E-state index in [0.29, 0.717) is 12.8 Å². The molecule has 2 aromatic carbocycles. The van der Waals surface area contributed by atoms with Gasteiger partial charge in [0.1, 0.15) is 5.75 Å². The molecule has 1 fully saturated rings. The maximum Gasteiger partial charge on any atom is 0.573 e. The van der Waals surface area contributed by atoms with Crippen molar-refractivity contribution in [2.24, 2.45) is 5.92 Å². The van der Waals surface area contributed by atoms with E-state index < -0.39 is 22.3 Å². The third-order valence-corrected chi connectivity index (χ3v) is 6.63. The number of sulfonamides is 1. The summed E-state index contributed by atoms with van der Waals surface area (Å²) in [6, 6.07) is 14.6. The Morgan fingerprint density at radius 1 is 1.06 bits per heavy atom. The van der Waals surface area contributed by atoms with Gasteiger partial charge < -0.3 is 10.1 Å². The molecular weight excluding hydrogens is 445 g/mol.